The Balaban J connectivity index is 2.08. The molecule has 1 aliphatic carbocycles. The minimum absolute atomic E-state index is 0.162. The van der Waals surface area contributed by atoms with Gasteiger partial charge >= 0.3 is 5.56 Å². The Morgan fingerprint density at radius 1 is 1.33 bits per heavy atom. The van der Waals surface area contributed by atoms with E-state index in [0.717, 1.165) is 6.42 Å². The van der Waals surface area contributed by atoms with Gasteiger partial charge in [0.1, 0.15) is 0 Å². The van der Waals surface area contributed by atoms with Gasteiger partial charge in [-0.25, -0.2) is 4.98 Å². The summed E-state index contributed by atoms with van der Waals surface area (Å²) in [5.41, 5.74) is 5.40. The Morgan fingerprint density at radius 2 is 2.00 bits per heavy atom. The molecule has 1 aliphatic rings. The molecule has 1 fully saturated rings. The highest BCUT2D eigenvalue weighted by molar-refractivity contribution is 5.06. The summed E-state index contributed by atoms with van der Waals surface area (Å²) in [5, 5.41) is 0. The topological polar surface area (TPSA) is 70.1 Å². The molecular weight excluding hydrogens is 266 g/mol. The fraction of sp³-hybridized carbons (Fsp3) is 0.750. The van der Waals surface area contributed by atoms with Gasteiger partial charge in [-0.05, 0) is 52.0 Å². The van der Waals surface area contributed by atoms with Crippen molar-refractivity contribution in [3.05, 3.63) is 22.7 Å². The zero-order valence-electron chi connectivity index (χ0n) is 13.3. The lowest BCUT2D eigenvalue weighted by Gasteiger charge is -2.30. The van der Waals surface area contributed by atoms with Gasteiger partial charge in [-0.3, -0.25) is 4.79 Å². The molecule has 2 atom stereocenters. The van der Waals surface area contributed by atoms with E-state index < -0.39 is 0 Å². The zero-order chi connectivity index (χ0) is 15.5. The van der Waals surface area contributed by atoms with E-state index in [-0.39, 0.29) is 17.0 Å². The number of hydrogen-bond donors (Lipinski definition) is 1. The van der Waals surface area contributed by atoms with E-state index in [1.165, 1.54) is 19.3 Å². The quantitative estimate of drug-likeness (QED) is 0.923. The summed E-state index contributed by atoms with van der Waals surface area (Å²) in [6, 6.07) is 0. The van der Waals surface area contributed by atoms with Crippen LogP contribution in [0.1, 0.15) is 46.5 Å². The van der Waals surface area contributed by atoms with Crippen molar-refractivity contribution in [3.63, 3.8) is 0 Å². The van der Waals surface area contributed by atoms with Gasteiger partial charge in [0.15, 0.2) is 0 Å². The van der Waals surface area contributed by atoms with Crippen LogP contribution in [0.2, 0.25) is 0 Å². The highest BCUT2D eigenvalue weighted by Gasteiger charge is 2.25. The number of ether oxygens (including phenoxy) is 1. The highest BCUT2D eigenvalue weighted by Crippen LogP contribution is 2.29. The average Bonchev–Trinajstić information content (AvgIpc) is 2.45. The minimum atomic E-state index is -0.275. The molecule has 21 heavy (non-hydrogen) atoms. The maximum absolute atomic E-state index is 12.4. The van der Waals surface area contributed by atoms with Gasteiger partial charge in [0, 0.05) is 17.9 Å². The largest absolute Gasteiger partial charge is 0.473 e. The van der Waals surface area contributed by atoms with Crippen LogP contribution in [0.4, 0.5) is 0 Å². The third kappa shape index (κ3) is 3.84. The van der Waals surface area contributed by atoms with E-state index in [0.29, 0.717) is 25.0 Å². The predicted octanol–water partition coefficient (Wildman–Crippen LogP) is 2.14. The third-order valence-electron chi connectivity index (χ3n) is 4.34. The molecule has 2 N–H and O–H groups in total. The Bertz CT molecular complexity index is 519. The third-order valence-corrected chi connectivity index (χ3v) is 4.34. The molecule has 0 spiro atoms. The SMILES string of the molecule is CC(C)(C)n1ccnc(OCC2CCCCC2CN)c1=O. The van der Waals surface area contributed by atoms with Gasteiger partial charge in [-0.15, -0.1) is 0 Å². The molecule has 1 saturated carbocycles. The zero-order valence-corrected chi connectivity index (χ0v) is 13.3. The summed E-state index contributed by atoms with van der Waals surface area (Å²) in [4.78, 5) is 16.5. The smallest absolute Gasteiger partial charge is 0.313 e. The first-order valence-electron chi connectivity index (χ1n) is 7.84. The van der Waals surface area contributed by atoms with Gasteiger partial charge in [0.2, 0.25) is 0 Å². The maximum atomic E-state index is 12.4. The molecule has 1 aromatic heterocycles. The molecular formula is C16H27N3O2. The van der Waals surface area contributed by atoms with Crippen LogP contribution in [0.5, 0.6) is 5.88 Å². The second kappa shape index (κ2) is 6.60. The molecule has 1 aromatic rings. The van der Waals surface area contributed by atoms with Crippen molar-refractivity contribution in [2.75, 3.05) is 13.2 Å². The van der Waals surface area contributed by atoms with Crippen molar-refractivity contribution in [1.29, 1.82) is 0 Å². The summed E-state index contributed by atoms with van der Waals surface area (Å²) in [7, 11) is 0. The van der Waals surface area contributed by atoms with Crippen molar-refractivity contribution >= 4 is 0 Å². The van der Waals surface area contributed by atoms with Crippen molar-refractivity contribution in [2.45, 2.75) is 52.0 Å². The molecule has 2 rings (SSSR count). The first-order chi connectivity index (χ1) is 9.93. The van der Waals surface area contributed by atoms with E-state index in [1.807, 2.05) is 20.8 Å². The van der Waals surface area contributed by atoms with Crippen LogP contribution >= 0.6 is 0 Å². The van der Waals surface area contributed by atoms with Crippen molar-refractivity contribution in [3.8, 4) is 5.88 Å². The number of nitrogens with zero attached hydrogens (tertiary/aromatic N) is 2. The maximum Gasteiger partial charge on any atom is 0.313 e. The van der Waals surface area contributed by atoms with E-state index in [2.05, 4.69) is 4.98 Å². The molecule has 1 heterocycles. The second-order valence-corrected chi connectivity index (χ2v) is 6.93. The van der Waals surface area contributed by atoms with Crippen LogP contribution in [-0.2, 0) is 5.54 Å². The van der Waals surface area contributed by atoms with E-state index in [1.54, 1.807) is 17.0 Å². The van der Waals surface area contributed by atoms with Crippen LogP contribution in [0.15, 0.2) is 17.2 Å². The Hall–Kier alpha value is -1.36. The number of hydrogen-bond acceptors (Lipinski definition) is 4. The summed E-state index contributed by atoms with van der Waals surface area (Å²) < 4.78 is 7.41. The monoisotopic (exact) mass is 293 g/mol. The Morgan fingerprint density at radius 3 is 2.62 bits per heavy atom. The van der Waals surface area contributed by atoms with Gasteiger partial charge in [0.25, 0.3) is 5.88 Å². The van der Waals surface area contributed by atoms with Crippen molar-refractivity contribution in [1.82, 2.24) is 9.55 Å². The summed E-state index contributed by atoms with van der Waals surface area (Å²) >= 11 is 0. The van der Waals surface area contributed by atoms with E-state index in [4.69, 9.17) is 10.5 Å². The van der Waals surface area contributed by atoms with Crippen molar-refractivity contribution < 1.29 is 4.74 Å². The predicted molar refractivity (Wildman–Crippen MR) is 83.5 cm³/mol. The summed E-state index contributed by atoms with van der Waals surface area (Å²) in [6.45, 7) is 7.21. The Kier molecular flexibility index (Phi) is 5.04. The molecule has 5 heteroatoms. The molecule has 0 bridgehead atoms. The van der Waals surface area contributed by atoms with Crippen LogP contribution < -0.4 is 16.0 Å². The summed E-state index contributed by atoms with van der Waals surface area (Å²) in [5.74, 6) is 1.15. The number of nitrogens with two attached hydrogens (primary N) is 1. The lowest BCUT2D eigenvalue weighted by molar-refractivity contribution is 0.146. The Labute approximate surface area is 126 Å². The van der Waals surface area contributed by atoms with Crippen LogP contribution in [0.25, 0.3) is 0 Å². The molecule has 0 amide bonds. The fourth-order valence-electron chi connectivity index (χ4n) is 3.02. The molecule has 0 aromatic carbocycles. The van der Waals surface area contributed by atoms with Crippen LogP contribution in [-0.4, -0.2) is 22.7 Å². The summed E-state index contributed by atoms with van der Waals surface area (Å²) in [6.07, 6.45) is 8.10. The normalized spacial score (nSPS) is 23.0. The van der Waals surface area contributed by atoms with Crippen LogP contribution in [0, 0.1) is 11.8 Å². The highest BCUT2D eigenvalue weighted by atomic mass is 16.5. The standard InChI is InChI=1S/C16H27N3O2/c1-16(2,3)19-9-8-18-14(15(19)20)21-11-13-7-5-4-6-12(13)10-17/h8-9,12-13H,4-7,10-11,17H2,1-3H3. The molecule has 2 unspecified atom stereocenters. The first-order valence-corrected chi connectivity index (χ1v) is 7.84. The molecule has 0 radical (unpaired) electrons. The van der Waals surface area contributed by atoms with Gasteiger partial charge in [-0.2, -0.15) is 0 Å². The molecule has 0 saturated heterocycles. The van der Waals surface area contributed by atoms with Crippen molar-refractivity contribution in [2.24, 2.45) is 17.6 Å². The second-order valence-electron chi connectivity index (χ2n) is 6.93. The van der Waals surface area contributed by atoms with Gasteiger partial charge in [0.05, 0.1) is 6.61 Å². The number of rotatable bonds is 4. The van der Waals surface area contributed by atoms with Gasteiger partial charge in [-0.1, -0.05) is 12.8 Å². The van der Waals surface area contributed by atoms with Gasteiger partial charge < -0.3 is 15.0 Å². The first kappa shape index (κ1) is 16.0. The lowest BCUT2D eigenvalue weighted by atomic mass is 9.80. The van der Waals surface area contributed by atoms with E-state index in [9.17, 15) is 4.79 Å². The molecule has 5 nitrogen and oxygen atoms in total. The number of aromatic nitrogens is 2. The average molecular weight is 293 g/mol. The fourth-order valence-corrected chi connectivity index (χ4v) is 3.02. The lowest BCUT2D eigenvalue weighted by Crippen LogP contribution is -2.36. The van der Waals surface area contributed by atoms with E-state index >= 15 is 0 Å². The molecule has 118 valence electrons. The van der Waals surface area contributed by atoms with Crippen LogP contribution in [0.3, 0.4) is 0 Å². The molecule has 0 aliphatic heterocycles. The minimum Gasteiger partial charge on any atom is -0.473 e.